The van der Waals surface area contributed by atoms with E-state index in [-0.39, 0.29) is 5.91 Å². The van der Waals surface area contributed by atoms with Crippen molar-refractivity contribution in [1.82, 2.24) is 14.7 Å². The molecule has 4 heteroatoms. The van der Waals surface area contributed by atoms with Crippen LogP contribution in [-0.2, 0) is 4.79 Å². The first-order valence-electron chi connectivity index (χ1n) is 5.57. The second-order valence-corrected chi connectivity index (χ2v) is 3.98. The van der Waals surface area contributed by atoms with Gasteiger partial charge in [0.05, 0.1) is 20.0 Å². The van der Waals surface area contributed by atoms with Crippen molar-refractivity contribution in [2.75, 3.05) is 20.0 Å². The van der Waals surface area contributed by atoms with Gasteiger partial charge in [0, 0.05) is 11.4 Å². The molecule has 1 fully saturated rings. The molecule has 1 amide bonds. The highest BCUT2D eigenvalue weighted by molar-refractivity contribution is 5.87. The van der Waals surface area contributed by atoms with Crippen molar-refractivity contribution in [3.05, 3.63) is 62.5 Å². The topological polar surface area (TPSA) is 26.8 Å². The highest BCUT2D eigenvalue weighted by Gasteiger charge is 2.25. The van der Waals surface area contributed by atoms with Crippen molar-refractivity contribution in [2.45, 2.75) is 0 Å². The van der Waals surface area contributed by atoms with Crippen molar-refractivity contribution in [3.8, 4) is 0 Å². The van der Waals surface area contributed by atoms with Crippen molar-refractivity contribution in [2.24, 2.45) is 0 Å². The second-order valence-electron chi connectivity index (χ2n) is 3.98. The van der Waals surface area contributed by atoms with E-state index >= 15 is 0 Å². The first-order chi connectivity index (χ1) is 8.53. The standard InChI is InChI=1S/C14H19N3O/c1-6-12(4)15-9-16(13(5)7-2)11-17(10-15)14(18)8-3/h6-8H,1-5,9-11H2. The molecule has 1 aliphatic heterocycles. The van der Waals surface area contributed by atoms with Gasteiger partial charge in [-0.25, -0.2) is 0 Å². The third kappa shape index (κ3) is 2.91. The van der Waals surface area contributed by atoms with E-state index < -0.39 is 0 Å². The Morgan fingerprint density at radius 1 is 0.778 bits per heavy atom. The Labute approximate surface area is 108 Å². The summed E-state index contributed by atoms with van der Waals surface area (Å²) < 4.78 is 0. The maximum atomic E-state index is 11.7. The summed E-state index contributed by atoms with van der Waals surface area (Å²) in [6.45, 7) is 20.2. The molecule has 0 unspecified atom stereocenters. The summed E-state index contributed by atoms with van der Waals surface area (Å²) in [5, 5.41) is 0. The molecule has 18 heavy (non-hydrogen) atoms. The van der Waals surface area contributed by atoms with Crippen LogP contribution in [0.1, 0.15) is 0 Å². The Morgan fingerprint density at radius 3 is 1.50 bits per heavy atom. The largest absolute Gasteiger partial charge is 0.336 e. The molecule has 0 saturated carbocycles. The summed E-state index contributed by atoms with van der Waals surface area (Å²) in [5.41, 5.74) is 1.52. The molecule has 4 nitrogen and oxygen atoms in total. The molecular formula is C14H19N3O. The van der Waals surface area contributed by atoms with Gasteiger partial charge >= 0.3 is 0 Å². The highest BCUT2D eigenvalue weighted by Crippen LogP contribution is 2.17. The zero-order chi connectivity index (χ0) is 13.7. The minimum Gasteiger partial charge on any atom is -0.336 e. The number of allylic oxidation sites excluding steroid dienone is 2. The SMILES string of the molecule is C=CC(=C)N1CN(C(=C)C=C)CN(C(=O)C=C)C1. The predicted molar refractivity (Wildman–Crippen MR) is 74.0 cm³/mol. The molecular weight excluding hydrogens is 226 g/mol. The smallest absolute Gasteiger partial charge is 0.248 e. The molecule has 0 spiro atoms. The van der Waals surface area contributed by atoms with E-state index in [4.69, 9.17) is 0 Å². The third-order valence-electron chi connectivity index (χ3n) is 2.79. The van der Waals surface area contributed by atoms with Gasteiger partial charge in [0.25, 0.3) is 0 Å². The van der Waals surface area contributed by atoms with Crippen LogP contribution < -0.4 is 0 Å². The van der Waals surface area contributed by atoms with Gasteiger partial charge in [0.2, 0.25) is 5.91 Å². The molecule has 0 aromatic heterocycles. The predicted octanol–water partition coefficient (Wildman–Crippen LogP) is 1.89. The van der Waals surface area contributed by atoms with Crippen LogP contribution in [0.15, 0.2) is 62.5 Å². The third-order valence-corrected chi connectivity index (χ3v) is 2.79. The number of amides is 1. The summed E-state index contributed by atoms with van der Waals surface area (Å²) in [7, 11) is 0. The molecule has 1 heterocycles. The number of carbonyl (C=O) groups excluding carboxylic acids is 1. The Kier molecular flexibility index (Phi) is 4.54. The molecule has 0 aromatic rings. The minimum atomic E-state index is -0.126. The first kappa shape index (κ1) is 13.8. The molecule has 1 saturated heterocycles. The Balaban J connectivity index is 2.91. The average Bonchev–Trinajstić information content (AvgIpc) is 2.43. The van der Waals surface area contributed by atoms with Crippen LogP contribution >= 0.6 is 0 Å². The average molecular weight is 245 g/mol. The number of hydrogen-bond acceptors (Lipinski definition) is 3. The zero-order valence-electron chi connectivity index (χ0n) is 10.6. The minimum absolute atomic E-state index is 0.126. The monoisotopic (exact) mass is 245 g/mol. The zero-order valence-corrected chi connectivity index (χ0v) is 10.6. The quantitative estimate of drug-likeness (QED) is 0.546. The number of rotatable bonds is 5. The van der Waals surface area contributed by atoms with Crippen molar-refractivity contribution in [3.63, 3.8) is 0 Å². The summed E-state index contributed by atoms with van der Waals surface area (Å²) in [6.07, 6.45) is 4.63. The van der Waals surface area contributed by atoms with Gasteiger partial charge in [-0.2, -0.15) is 0 Å². The van der Waals surface area contributed by atoms with Crippen LogP contribution in [0.4, 0.5) is 0 Å². The number of nitrogens with zero attached hydrogens (tertiary/aromatic N) is 3. The molecule has 0 N–H and O–H groups in total. The van der Waals surface area contributed by atoms with Gasteiger partial charge in [0.1, 0.15) is 0 Å². The summed E-state index contributed by atoms with van der Waals surface area (Å²) >= 11 is 0. The normalized spacial score (nSPS) is 15.0. The van der Waals surface area contributed by atoms with E-state index in [2.05, 4.69) is 32.9 Å². The Morgan fingerprint density at radius 2 is 1.17 bits per heavy atom. The van der Waals surface area contributed by atoms with Crippen molar-refractivity contribution >= 4 is 5.91 Å². The van der Waals surface area contributed by atoms with Crippen LogP contribution in [0, 0.1) is 0 Å². The first-order valence-corrected chi connectivity index (χ1v) is 5.57. The van der Waals surface area contributed by atoms with E-state index in [0.29, 0.717) is 20.0 Å². The second kappa shape index (κ2) is 5.91. The molecule has 1 rings (SSSR count). The van der Waals surface area contributed by atoms with Gasteiger partial charge in [0.15, 0.2) is 0 Å². The fourth-order valence-electron chi connectivity index (χ4n) is 1.64. The lowest BCUT2D eigenvalue weighted by Gasteiger charge is -2.44. The highest BCUT2D eigenvalue weighted by atomic mass is 16.2. The van der Waals surface area contributed by atoms with E-state index in [0.717, 1.165) is 11.4 Å². The van der Waals surface area contributed by atoms with Crippen LogP contribution in [0.2, 0.25) is 0 Å². The lowest BCUT2D eigenvalue weighted by molar-refractivity contribution is -0.133. The fraction of sp³-hybridized carbons (Fsp3) is 0.214. The van der Waals surface area contributed by atoms with Crippen LogP contribution in [-0.4, -0.2) is 40.6 Å². The lowest BCUT2D eigenvalue weighted by Crippen LogP contribution is -2.54. The van der Waals surface area contributed by atoms with Gasteiger partial charge in [-0.05, 0) is 18.2 Å². The molecule has 0 radical (unpaired) electrons. The van der Waals surface area contributed by atoms with Crippen LogP contribution in [0.5, 0.6) is 0 Å². The van der Waals surface area contributed by atoms with Gasteiger partial charge in [-0.1, -0.05) is 32.9 Å². The molecule has 0 bridgehead atoms. The Hall–Kier alpha value is -2.23. The fourth-order valence-corrected chi connectivity index (χ4v) is 1.64. The van der Waals surface area contributed by atoms with Gasteiger partial charge < -0.3 is 14.7 Å². The molecule has 1 aliphatic rings. The van der Waals surface area contributed by atoms with E-state index in [1.165, 1.54) is 6.08 Å². The molecule has 96 valence electrons. The van der Waals surface area contributed by atoms with E-state index in [1.54, 1.807) is 17.1 Å². The number of hydrogen-bond donors (Lipinski definition) is 0. The van der Waals surface area contributed by atoms with Crippen molar-refractivity contribution < 1.29 is 4.79 Å². The lowest BCUT2D eigenvalue weighted by atomic mass is 10.3. The molecule has 0 aromatic carbocycles. The summed E-state index contributed by atoms with van der Waals surface area (Å²) in [4.78, 5) is 17.3. The van der Waals surface area contributed by atoms with Crippen LogP contribution in [0.3, 0.4) is 0 Å². The Bertz CT molecular complexity index is 343. The maximum Gasteiger partial charge on any atom is 0.248 e. The van der Waals surface area contributed by atoms with E-state index in [1.807, 2.05) is 9.80 Å². The summed E-state index contributed by atoms with van der Waals surface area (Å²) in [5.74, 6) is -0.126. The maximum absolute atomic E-state index is 11.7. The number of carbonyl (C=O) groups is 1. The van der Waals surface area contributed by atoms with Gasteiger partial charge in [-0.15, -0.1) is 0 Å². The van der Waals surface area contributed by atoms with Crippen molar-refractivity contribution in [1.29, 1.82) is 0 Å². The van der Waals surface area contributed by atoms with E-state index in [9.17, 15) is 4.79 Å². The summed E-state index contributed by atoms with van der Waals surface area (Å²) in [6, 6.07) is 0. The van der Waals surface area contributed by atoms with Gasteiger partial charge in [-0.3, -0.25) is 4.79 Å². The molecule has 0 aliphatic carbocycles. The van der Waals surface area contributed by atoms with Crippen LogP contribution in [0.25, 0.3) is 0 Å². The molecule has 0 atom stereocenters.